The van der Waals surface area contributed by atoms with Crippen molar-refractivity contribution in [2.24, 2.45) is 33.7 Å². The summed E-state index contributed by atoms with van der Waals surface area (Å²) in [6, 6.07) is 6.60. The summed E-state index contributed by atoms with van der Waals surface area (Å²) in [6.45, 7) is 7.47. The van der Waals surface area contributed by atoms with Crippen LogP contribution in [0.4, 0.5) is 10.1 Å². The van der Waals surface area contributed by atoms with E-state index in [4.69, 9.17) is 34.7 Å². The maximum atomic E-state index is 15.6. The maximum absolute atomic E-state index is 15.6. The number of amides is 1. The number of nitrogens with zero attached hydrogens (tertiary/aromatic N) is 2. The van der Waals surface area contributed by atoms with Crippen LogP contribution in [0.5, 0.6) is 0 Å². The third-order valence-electron chi connectivity index (χ3n) is 7.81. The second-order valence-corrected chi connectivity index (χ2v) is 11.6. The second-order valence-electron chi connectivity index (χ2n) is 10.8. The first-order chi connectivity index (χ1) is 19.4. The lowest BCUT2D eigenvalue weighted by Crippen LogP contribution is -2.22. The van der Waals surface area contributed by atoms with Gasteiger partial charge in [0, 0.05) is 46.9 Å². The molecule has 3 atom stereocenters. The molecule has 3 unspecified atom stereocenters. The molecule has 2 aromatic rings. The highest BCUT2D eigenvalue weighted by Gasteiger charge is 2.50. The van der Waals surface area contributed by atoms with Crippen molar-refractivity contribution in [2.45, 2.75) is 46.5 Å². The van der Waals surface area contributed by atoms with E-state index in [0.717, 1.165) is 12.8 Å². The number of hydrogen-bond acceptors (Lipinski definition) is 5. The van der Waals surface area contributed by atoms with Gasteiger partial charge >= 0.3 is 0 Å². The highest BCUT2D eigenvalue weighted by Crippen LogP contribution is 2.57. The van der Waals surface area contributed by atoms with E-state index in [9.17, 15) is 9.59 Å². The number of nitrogens with two attached hydrogens (primary N) is 2. The van der Waals surface area contributed by atoms with Crippen molar-refractivity contribution in [3.63, 3.8) is 0 Å². The molecule has 2 aliphatic rings. The van der Waals surface area contributed by atoms with E-state index in [0.29, 0.717) is 22.0 Å². The smallest absolute Gasteiger partial charge is 0.273 e. The topological polar surface area (TPSA) is 116 Å². The van der Waals surface area contributed by atoms with Gasteiger partial charge in [-0.05, 0) is 74.4 Å². The first kappa shape index (κ1) is 30.3. The Morgan fingerprint density at radius 3 is 2.66 bits per heavy atom. The standard InChI is InChI=1S/C31H34Cl2FN5O2/c1-5-12-37-23(20-7-6-8-24(28(20)34)38-30(41)31(4)10-11-31)9-13-39-17(2)14-21(27(33)29(39)40)25-18(3)26(25)22(36)15-19(32)16-35/h5-9,12-16,18,25-26H,10-11,35-36H2,1-4H3,(H,38,41)/b12-5+,13-9+,19-16+,22-15-,37-23-. The van der Waals surface area contributed by atoms with Gasteiger partial charge in [-0.1, -0.05) is 49.2 Å². The van der Waals surface area contributed by atoms with E-state index < -0.39 is 16.8 Å². The number of carbonyl (C=O) groups excluding carboxylic acids is 1. The van der Waals surface area contributed by atoms with Gasteiger partial charge in [-0.2, -0.15) is 0 Å². The molecule has 5 N–H and O–H groups in total. The van der Waals surface area contributed by atoms with Gasteiger partial charge in [-0.15, -0.1) is 0 Å². The van der Waals surface area contributed by atoms with Gasteiger partial charge in [0.1, 0.15) is 5.02 Å². The van der Waals surface area contributed by atoms with Crippen LogP contribution < -0.4 is 22.3 Å². The summed E-state index contributed by atoms with van der Waals surface area (Å²) in [4.78, 5) is 30.3. The van der Waals surface area contributed by atoms with Crippen LogP contribution in [0.1, 0.15) is 56.4 Å². The van der Waals surface area contributed by atoms with Crippen molar-refractivity contribution in [1.82, 2.24) is 4.57 Å². The van der Waals surface area contributed by atoms with Gasteiger partial charge in [0.05, 0.1) is 16.4 Å². The number of aryl methyl sites for hydroxylation is 1. The number of aromatic nitrogens is 1. The van der Waals surface area contributed by atoms with E-state index >= 15 is 4.39 Å². The number of nitrogens with one attached hydrogen (secondary N) is 1. The number of benzene rings is 1. The third kappa shape index (κ3) is 6.34. The number of rotatable bonds is 9. The second kappa shape index (κ2) is 12.1. The third-order valence-corrected chi connectivity index (χ3v) is 8.42. The summed E-state index contributed by atoms with van der Waals surface area (Å²) in [6.07, 6.45) is 10.7. The zero-order valence-electron chi connectivity index (χ0n) is 23.4. The average Bonchev–Trinajstić information content (AvgIpc) is 3.85. The Labute approximate surface area is 249 Å². The molecular formula is C31H34Cl2FN5O2. The molecule has 1 aromatic heterocycles. The van der Waals surface area contributed by atoms with E-state index in [1.165, 1.54) is 29.2 Å². The first-order valence-electron chi connectivity index (χ1n) is 13.4. The van der Waals surface area contributed by atoms with Crippen LogP contribution in [0, 0.1) is 30.0 Å². The summed E-state index contributed by atoms with van der Waals surface area (Å²) in [5, 5.41) is 3.12. The fourth-order valence-electron chi connectivity index (χ4n) is 4.95. The Balaban J connectivity index is 1.65. The lowest BCUT2D eigenvalue weighted by molar-refractivity contribution is -0.120. The van der Waals surface area contributed by atoms with Gasteiger partial charge in [0.25, 0.3) is 5.56 Å². The van der Waals surface area contributed by atoms with Crippen molar-refractivity contribution in [3.05, 3.63) is 104 Å². The Bertz CT molecular complexity index is 1580. The molecule has 2 fully saturated rings. The van der Waals surface area contributed by atoms with Crippen molar-refractivity contribution < 1.29 is 9.18 Å². The fraction of sp³-hybridized carbons (Fsp3) is 0.323. The monoisotopic (exact) mass is 597 g/mol. The molecule has 0 saturated heterocycles. The number of allylic oxidation sites excluding steroid dienone is 5. The van der Waals surface area contributed by atoms with Crippen LogP contribution >= 0.6 is 23.2 Å². The fourth-order valence-corrected chi connectivity index (χ4v) is 5.34. The minimum absolute atomic E-state index is 0.0239. The summed E-state index contributed by atoms with van der Waals surface area (Å²) in [5.41, 5.74) is 13.3. The van der Waals surface area contributed by atoms with E-state index in [1.807, 2.05) is 19.9 Å². The Morgan fingerprint density at radius 1 is 1.32 bits per heavy atom. The molecule has 1 amide bonds. The van der Waals surface area contributed by atoms with Crippen molar-refractivity contribution in [1.29, 1.82) is 0 Å². The van der Waals surface area contributed by atoms with E-state index in [-0.39, 0.29) is 45.6 Å². The van der Waals surface area contributed by atoms with Crippen LogP contribution in [0.15, 0.2) is 75.4 Å². The summed E-state index contributed by atoms with van der Waals surface area (Å²) >= 11 is 12.6. The quantitative estimate of drug-likeness (QED) is 0.229. The van der Waals surface area contributed by atoms with E-state index in [2.05, 4.69) is 10.3 Å². The maximum Gasteiger partial charge on any atom is 0.273 e. The van der Waals surface area contributed by atoms with Crippen LogP contribution in [-0.4, -0.2) is 16.2 Å². The summed E-state index contributed by atoms with van der Waals surface area (Å²) in [7, 11) is 0. The first-order valence-corrected chi connectivity index (χ1v) is 14.1. The highest BCUT2D eigenvalue weighted by molar-refractivity contribution is 6.31. The number of anilines is 1. The van der Waals surface area contributed by atoms with Crippen molar-refractivity contribution >= 4 is 46.7 Å². The molecule has 41 heavy (non-hydrogen) atoms. The number of carbonyl (C=O) groups is 1. The van der Waals surface area contributed by atoms with Gasteiger partial charge < -0.3 is 16.8 Å². The normalized spacial score (nSPS) is 22.4. The molecule has 1 aromatic carbocycles. The molecular weight excluding hydrogens is 564 g/mol. The molecule has 0 radical (unpaired) electrons. The van der Waals surface area contributed by atoms with Gasteiger partial charge in [0.15, 0.2) is 5.82 Å². The predicted molar refractivity (Wildman–Crippen MR) is 165 cm³/mol. The van der Waals surface area contributed by atoms with Gasteiger partial charge in [0.2, 0.25) is 5.91 Å². The minimum Gasteiger partial charge on any atom is -0.403 e. The highest BCUT2D eigenvalue weighted by atomic mass is 35.5. The lowest BCUT2D eigenvalue weighted by Gasteiger charge is -2.13. The summed E-state index contributed by atoms with van der Waals surface area (Å²) in [5.74, 6) is -0.725. The number of halogens is 3. The van der Waals surface area contributed by atoms with Crippen LogP contribution in [-0.2, 0) is 4.79 Å². The summed E-state index contributed by atoms with van der Waals surface area (Å²) < 4.78 is 17.0. The number of hydrogen-bond donors (Lipinski definition) is 3. The minimum atomic E-state index is -0.612. The van der Waals surface area contributed by atoms with Gasteiger partial charge in [-0.3, -0.25) is 19.1 Å². The molecule has 0 bridgehead atoms. The van der Waals surface area contributed by atoms with Crippen LogP contribution in [0.3, 0.4) is 0 Å². The molecule has 0 aliphatic heterocycles. The Morgan fingerprint density at radius 2 is 2.02 bits per heavy atom. The van der Waals surface area contributed by atoms with Crippen molar-refractivity contribution in [2.75, 3.05) is 5.32 Å². The van der Waals surface area contributed by atoms with Crippen LogP contribution in [0.25, 0.3) is 6.20 Å². The number of aliphatic imine (C=N–C) groups is 1. The predicted octanol–water partition coefficient (Wildman–Crippen LogP) is 6.41. The Kier molecular flexibility index (Phi) is 8.94. The SMILES string of the molecule is C/C=C/N=C(/C=C/n1c(C)cc(C2C(C)C2/C(N)=C/C(Cl)=C\N)c(Cl)c1=O)c1cccc(NC(=O)C2(C)CC2)c1F. The van der Waals surface area contributed by atoms with Crippen molar-refractivity contribution in [3.8, 4) is 0 Å². The van der Waals surface area contributed by atoms with Gasteiger partial charge in [-0.25, -0.2) is 4.39 Å². The molecule has 216 valence electrons. The van der Waals surface area contributed by atoms with E-state index in [1.54, 1.807) is 44.2 Å². The molecule has 2 saturated carbocycles. The average molecular weight is 599 g/mol. The molecule has 2 aliphatic carbocycles. The largest absolute Gasteiger partial charge is 0.403 e. The Hall–Kier alpha value is -3.62. The molecule has 4 rings (SSSR count). The molecule has 7 nitrogen and oxygen atoms in total. The lowest BCUT2D eigenvalue weighted by atomic mass is 10.1. The zero-order valence-corrected chi connectivity index (χ0v) is 24.9. The van der Waals surface area contributed by atoms with Crippen LogP contribution in [0.2, 0.25) is 5.02 Å². The molecule has 1 heterocycles. The molecule has 0 spiro atoms. The number of pyridine rings is 1. The molecule has 10 heteroatoms. The zero-order chi connectivity index (χ0) is 30.1.